The molecular formula is C13H14ClFN2O. The van der Waals surface area contributed by atoms with Crippen LogP contribution in [0.4, 0.5) is 4.39 Å². The predicted molar refractivity (Wildman–Crippen MR) is 68.4 cm³/mol. The van der Waals surface area contributed by atoms with Crippen LogP contribution in [-0.2, 0) is 19.3 Å². The molecule has 0 N–H and O–H groups in total. The van der Waals surface area contributed by atoms with Crippen molar-refractivity contribution in [2.45, 2.75) is 12.3 Å². The first-order chi connectivity index (χ1) is 8.72. The molecule has 0 radical (unpaired) electrons. The van der Waals surface area contributed by atoms with Crippen LogP contribution in [0, 0.1) is 5.82 Å². The highest BCUT2D eigenvalue weighted by atomic mass is 35.5. The minimum atomic E-state index is -0.381. The summed E-state index contributed by atoms with van der Waals surface area (Å²) in [5.74, 6) is 0.989. The van der Waals surface area contributed by atoms with Crippen molar-refractivity contribution >= 4 is 11.6 Å². The number of aromatic nitrogens is 2. The van der Waals surface area contributed by atoms with Gasteiger partial charge in [-0.1, -0.05) is 12.1 Å². The molecule has 3 nitrogen and oxygen atoms in total. The van der Waals surface area contributed by atoms with Gasteiger partial charge in [-0.3, -0.25) is 0 Å². The van der Waals surface area contributed by atoms with Crippen LogP contribution in [0.25, 0.3) is 0 Å². The van der Waals surface area contributed by atoms with E-state index in [-0.39, 0.29) is 17.4 Å². The molecule has 2 aromatic rings. The van der Waals surface area contributed by atoms with Crippen molar-refractivity contribution in [2.75, 3.05) is 6.61 Å². The molecule has 0 fully saturated rings. The monoisotopic (exact) mass is 268 g/mol. The lowest BCUT2D eigenvalue weighted by Crippen LogP contribution is -2.08. The summed E-state index contributed by atoms with van der Waals surface area (Å²) in [5, 5.41) is 0. The van der Waals surface area contributed by atoms with Crippen molar-refractivity contribution in [3.05, 3.63) is 47.8 Å². The number of aryl methyl sites for hydroxylation is 1. The van der Waals surface area contributed by atoms with Gasteiger partial charge in [0.15, 0.2) is 11.6 Å². The SMILES string of the molecule is Cn1ccnc1CCOc1c(F)cccc1CCl. The first kappa shape index (κ1) is 12.9. The summed E-state index contributed by atoms with van der Waals surface area (Å²) in [6.45, 7) is 0.371. The zero-order valence-corrected chi connectivity index (χ0v) is 10.8. The van der Waals surface area contributed by atoms with Gasteiger partial charge in [-0.15, -0.1) is 11.6 Å². The molecule has 0 aliphatic rings. The molecular weight excluding hydrogens is 255 g/mol. The van der Waals surface area contributed by atoms with E-state index in [9.17, 15) is 4.39 Å². The maximum absolute atomic E-state index is 13.6. The van der Waals surface area contributed by atoms with Gasteiger partial charge in [0.1, 0.15) is 5.82 Å². The third-order valence-corrected chi connectivity index (χ3v) is 2.97. The molecule has 96 valence electrons. The Balaban J connectivity index is 2.00. The molecule has 1 heterocycles. The predicted octanol–water partition coefficient (Wildman–Crippen LogP) is 2.92. The number of alkyl halides is 1. The fourth-order valence-electron chi connectivity index (χ4n) is 1.70. The van der Waals surface area contributed by atoms with Crippen molar-refractivity contribution in [3.63, 3.8) is 0 Å². The van der Waals surface area contributed by atoms with Crippen molar-refractivity contribution in [2.24, 2.45) is 7.05 Å². The Morgan fingerprint density at radius 3 is 2.94 bits per heavy atom. The van der Waals surface area contributed by atoms with E-state index < -0.39 is 0 Å². The molecule has 5 heteroatoms. The van der Waals surface area contributed by atoms with E-state index in [1.165, 1.54) is 6.07 Å². The van der Waals surface area contributed by atoms with Gasteiger partial charge in [-0.2, -0.15) is 0 Å². The summed E-state index contributed by atoms with van der Waals surface area (Å²) in [7, 11) is 1.91. The van der Waals surface area contributed by atoms with E-state index in [2.05, 4.69) is 4.98 Å². The number of para-hydroxylation sites is 1. The van der Waals surface area contributed by atoms with Gasteiger partial charge in [0.05, 0.1) is 12.5 Å². The van der Waals surface area contributed by atoms with Crippen molar-refractivity contribution in [1.29, 1.82) is 0 Å². The Kier molecular flexibility index (Phi) is 4.20. The molecule has 0 unspecified atom stereocenters. The van der Waals surface area contributed by atoms with E-state index in [4.69, 9.17) is 16.3 Å². The maximum Gasteiger partial charge on any atom is 0.165 e. The number of hydrogen-bond acceptors (Lipinski definition) is 2. The van der Waals surface area contributed by atoms with E-state index in [1.807, 2.05) is 17.8 Å². The summed E-state index contributed by atoms with van der Waals surface area (Å²) in [6, 6.07) is 4.75. The fourth-order valence-corrected chi connectivity index (χ4v) is 1.91. The molecule has 2 rings (SSSR count). The molecule has 0 spiro atoms. The van der Waals surface area contributed by atoms with Gasteiger partial charge in [0, 0.05) is 31.4 Å². The summed E-state index contributed by atoms with van der Waals surface area (Å²) < 4.78 is 21.0. The Bertz CT molecular complexity index is 527. The molecule has 18 heavy (non-hydrogen) atoms. The third kappa shape index (κ3) is 2.82. The Labute approximate surface area is 110 Å². The van der Waals surface area contributed by atoms with Gasteiger partial charge in [0.25, 0.3) is 0 Å². The Morgan fingerprint density at radius 1 is 1.44 bits per heavy atom. The van der Waals surface area contributed by atoms with Crippen molar-refractivity contribution in [3.8, 4) is 5.75 Å². The van der Waals surface area contributed by atoms with Crippen LogP contribution in [-0.4, -0.2) is 16.2 Å². The second kappa shape index (κ2) is 5.87. The van der Waals surface area contributed by atoms with E-state index in [0.717, 1.165) is 5.82 Å². The minimum Gasteiger partial charge on any atom is -0.490 e. The second-order valence-electron chi connectivity index (χ2n) is 3.91. The lowest BCUT2D eigenvalue weighted by Gasteiger charge is -2.10. The molecule has 0 atom stereocenters. The minimum absolute atomic E-state index is 0.232. The van der Waals surface area contributed by atoms with Gasteiger partial charge in [0.2, 0.25) is 0 Å². The smallest absolute Gasteiger partial charge is 0.165 e. The van der Waals surface area contributed by atoms with Crippen LogP contribution in [0.5, 0.6) is 5.75 Å². The molecule has 0 saturated heterocycles. The van der Waals surface area contributed by atoms with Gasteiger partial charge in [-0.05, 0) is 6.07 Å². The molecule has 0 bridgehead atoms. The number of hydrogen-bond donors (Lipinski definition) is 0. The standard InChI is InChI=1S/C13H14ClFN2O/c1-17-7-6-16-12(17)5-8-18-13-10(9-14)3-2-4-11(13)15/h2-4,6-7H,5,8-9H2,1H3. The Morgan fingerprint density at radius 2 is 2.28 bits per heavy atom. The first-order valence-corrected chi connectivity index (χ1v) is 6.18. The summed E-state index contributed by atoms with van der Waals surface area (Å²) in [6.07, 6.45) is 4.21. The highest BCUT2D eigenvalue weighted by Gasteiger charge is 2.09. The average Bonchev–Trinajstić information content (AvgIpc) is 2.77. The number of ether oxygens (including phenoxy) is 1. The number of rotatable bonds is 5. The van der Waals surface area contributed by atoms with Crippen LogP contribution in [0.1, 0.15) is 11.4 Å². The number of imidazole rings is 1. The lowest BCUT2D eigenvalue weighted by molar-refractivity contribution is 0.299. The highest BCUT2D eigenvalue weighted by Crippen LogP contribution is 2.24. The molecule has 1 aromatic heterocycles. The Hall–Kier alpha value is -1.55. The molecule has 0 aliphatic heterocycles. The average molecular weight is 269 g/mol. The summed E-state index contributed by atoms with van der Waals surface area (Å²) in [5.41, 5.74) is 0.663. The van der Waals surface area contributed by atoms with Crippen LogP contribution < -0.4 is 4.74 Å². The number of halogens is 2. The highest BCUT2D eigenvalue weighted by molar-refractivity contribution is 6.17. The van der Waals surface area contributed by atoms with E-state index in [0.29, 0.717) is 18.6 Å². The molecule has 0 saturated carbocycles. The van der Waals surface area contributed by atoms with Crippen LogP contribution >= 0.6 is 11.6 Å². The van der Waals surface area contributed by atoms with Gasteiger partial charge < -0.3 is 9.30 Å². The molecule has 0 aliphatic carbocycles. The number of nitrogens with zero attached hydrogens (tertiary/aromatic N) is 2. The summed E-state index contributed by atoms with van der Waals surface area (Å²) in [4.78, 5) is 4.18. The van der Waals surface area contributed by atoms with E-state index in [1.54, 1.807) is 18.3 Å². The zero-order chi connectivity index (χ0) is 13.0. The topological polar surface area (TPSA) is 27.1 Å². The van der Waals surface area contributed by atoms with Gasteiger partial charge >= 0.3 is 0 Å². The molecule has 1 aromatic carbocycles. The first-order valence-electron chi connectivity index (χ1n) is 5.64. The van der Waals surface area contributed by atoms with Crippen molar-refractivity contribution in [1.82, 2.24) is 9.55 Å². The molecule has 0 amide bonds. The second-order valence-corrected chi connectivity index (χ2v) is 4.18. The van der Waals surface area contributed by atoms with Crippen LogP contribution in [0.3, 0.4) is 0 Å². The largest absolute Gasteiger partial charge is 0.490 e. The summed E-state index contributed by atoms with van der Waals surface area (Å²) >= 11 is 5.74. The zero-order valence-electron chi connectivity index (χ0n) is 10.1. The number of benzene rings is 1. The quantitative estimate of drug-likeness (QED) is 0.780. The van der Waals surface area contributed by atoms with Crippen LogP contribution in [0.2, 0.25) is 0 Å². The lowest BCUT2D eigenvalue weighted by atomic mass is 10.2. The normalized spacial score (nSPS) is 10.6. The third-order valence-electron chi connectivity index (χ3n) is 2.69. The van der Waals surface area contributed by atoms with Crippen LogP contribution in [0.15, 0.2) is 30.6 Å². The maximum atomic E-state index is 13.6. The fraction of sp³-hybridized carbons (Fsp3) is 0.308. The van der Waals surface area contributed by atoms with E-state index >= 15 is 0 Å². The van der Waals surface area contributed by atoms with Crippen molar-refractivity contribution < 1.29 is 9.13 Å². The van der Waals surface area contributed by atoms with Gasteiger partial charge in [-0.25, -0.2) is 9.37 Å².